The number of amides is 1. The van der Waals surface area contributed by atoms with Gasteiger partial charge in [0.05, 0.1) is 15.7 Å². The molecule has 1 amide bonds. The van der Waals surface area contributed by atoms with E-state index < -0.39 is 6.10 Å². The van der Waals surface area contributed by atoms with Crippen molar-refractivity contribution in [1.82, 2.24) is 4.98 Å². The first-order chi connectivity index (χ1) is 12.8. The Kier molecular flexibility index (Phi) is 6.50. The number of ether oxygens (including phenoxy) is 1. The molecule has 0 spiro atoms. The SMILES string of the molecule is CC(Oc1ccc(Cl)cc1Cl)C(=O)Nc1nc(-c2cc(Cl)ccc2Cl)cs1. The summed E-state index contributed by atoms with van der Waals surface area (Å²) in [6, 6.07) is 9.90. The van der Waals surface area contributed by atoms with Crippen LogP contribution in [0.1, 0.15) is 6.92 Å². The highest BCUT2D eigenvalue weighted by Gasteiger charge is 2.18. The molecule has 1 unspecified atom stereocenters. The number of carbonyl (C=O) groups is 1. The van der Waals surface area contributed by atoms with Gasteiger partial charge in [-0.1, -0.05) is 46.4 Å². The first-order valence-corrected chi connectivity index (χ1v) is 10.1. The summed E-state index contributed by atoms with van der Waals surface area (Å²) in [6.07, 6.45) is -0.786. The third-order valence-electron chi connectivity index (χ3n) is 3.51. The number of benzene rings is 2. The highest BCUT2D eigenvalue weighted by molar-refractivity contribution is 7.14. The Morgan fingerprint density at radius 2 is 1.78 bits per heavy atom. The van der Waals surface area contributed by atoms with Crippen LogP contribution in [0.2, 0.25) is 20.1 Å². The van der Waals surface area contributed by atoms with Gasteiger partial charge in [0.15, 0.2) is 11.2 Å². The molecule has 0 aliphatic carbocycles. The van der Waals surface area contributed by atoms with Crippen LogP contribution in [0.5, 0.6) is 5.75 Å². The van der Waals surface area contributed by atoms with Crippen molar-refractivity contribution in [1.29, 1.82) is 0 Å². The number of halogens is 4. The van der Waals surface area contributed by atoms with E-state index in [-0.39, 0.29) is 5.91 Å². The number of carbonyl (C=O) groups excluding carboxylic acids is 1. The van der Waals surface area contributed by atoms with Crippen LogP contribution in [-0.4, -0.2) is 17.0 Å². The molecule has 0 bridgehead atoms. The van der Waals surface area contributed by atoms with Crippen molar-refractivity contribution < 1.29 is 9.53 Å². The van der Waals surface area contributed by atoms with Crippen LogP contribution in [0.3, 0.4) is 0 Å². The highest BCUT2D eigenvalue weighted by Crippen LogP contribution is 2.33. The first kappa shape index (κ1) is 20.2. The molecule has 1 N–H and O–H groups in total. The van der Waals surface area contributed by atoms with E-state index in [1.54, 1.807) is 48.7 Å². The number of thiazole rings is 1. The average Bonchev–Trinajstić information content (AvgIpc) is 3.07. The fourth-order valence-electron chi connectivity index (χ4n) is 2.17. The summed E-state index contributed by atoms with van der Waals surface area (Å²) in [4.78, 5) is 16.8. The van der Waals surface area contributed by atoms with E-state index in [0.29, 0.717) is 42.2 Å². The molecule has 4 nitrogen and oxygen atoms in total. The van der Waals surface area contributed by atoms with Crippen molar-refractivity contribution in [2.75, 3.05) is 5.32 Å². The number of aromatic nitrogens is 1. The van der Waals surface area contributed by atoms with E-state index in [4.69, 9.17) is 51.1 Å². The van der Waals surface area contributed by atoms with Crippen LogP contribution < -0.4 is 10.1 Å². The van der Waals surface area contributed by atoms with Gasteiger partial charge in [0.1, 0.15) is 5.75 Å². The fraction of sp³-hybridized carbons (Fsp3) is 0.111. The Hall–Kier alpha value is -1.50. The molecule has 9 heteroatoms. The van der Waals surface area contributed by atoms with E-state index in [1.807, 2.05) is 0 Å². The van der Waals surface area contributed by atoms with Gasteiger partial charge in [-0.15, -0.1) is 11.3 Å². The van der Waals surface area contributed by atoms with Crippen LogP contribution in [0.15, 0.2) is 41.8 Å². The van der Waals surface area contributed by atoms with E-state index in [2.05, 4.69) is 10.3 Å². The average molecular weight is 462 g/mol. The minimum absolute atomic E-state index is 0.328. The molecule has 140 valence electrons. The lowest BCUT2D eigenvalue weighted by Gasteiger charge is -2.14. The second-order valence-electron chi connectivity index (χ2n) is 5.49. The Bertz CT molecular complexity index is 993. The smallest absolute Gasteiger partial charge is 0.266 e. The molecule has 0 saturated heterocycles. The molecular weight excluding hydrogens is 450 g/mol. The van der Waals surface area contributed by atoms with Gasteiger partial charge in [-0.2, -0.15) is 0 Å². The predicted octanol–water partition coefficient (Wildman–Crippen LogP) is 6.83. The maximum Gasteiger partial charge on any atom is 0.266 e. The van der Waals surface area contributed by atoms with Gasteiger partial charge in [-0.3, -0.25) is 10.1 Å². The van der Waals surface area contributed by atoms with Gasteiger partial charge in [-0.25, -0.2) is 4.98 Å². The van der Waals surface area contributed by atoms with Gasteiger partial charge in [0.25, 0.3) is 5.91 Å². The molecule has 1 atom stereocenters. The molecular formula is C18H12Cl4N2O2S. The maximum absolute atomic E-state index is 12.4. The number of hydrogen-bond donors (Lipinski definition) is 1. The van der Waals surface area contributed by atoms with Crippen molar-refractivity contribution in [3.63, 3.8) is 0 Å². The monoisotopic (exact) mass is 460 g/mol. The van der Waals surface area contributed by atoms with Gasteiger partial charge in [-0.05, 0) is 43.3 Å². The highest BCUT2D eigenvalue weighted by atomic mass is 35.5. The van der Waals surface area contributed by atoms with Crippen LogP contribution in [0.25, 0.3) is 11.3 Å². The first-order valence-electron chi connectivity index (χ1n) is 7.67. The zero-order chi connectivity index (χ0) is 19.6. The van der Waals surface area contributed by atoms with E-state index in [9.17, 15) is 4.79 Å². The zero-order valence-electron chi connectivity index (χ0n) is 13.8. The van der Waals surface area contributed by atoms with Crippen molar-refractivity contribution >= 4 is 68.8 Å². The summed E-state index contributed by atoms with van der Waals surface area (Å²) in [5.74, 6) is 0.00774. The third kappa shape index (κ3) is 5.06. The molecule has 0 aliphatic rings. The van der Waals surface area contributed by atoms with E-state index in [0.717, 1.165) is 0 Å². The molecule has 0 fully saturated rings. The summed E-state index contributed by atoms with van der Waals surface area (Å²) in [6.45, 7) is 1.61. The molecule has 27 heavy (non-hydrogen) atoms. The zero-order valence-corrected chi connectivity index (χ0v) is 17.6. The molecule has 0 aliphatic heterocycles. The molecule has 3 aromatic rings. The number of anilines is 1. The Morgan fingerprint density at radius 1 is 1.07 bits per heavy atom. The molecule has 0 radical (unpaired) electrons. The van der Waals surface area contributed by atoms with Gasteiger partial charge in [0.2, 0.25) is 0 Å². The second-order valence-corrected chi connectivity index (χ2v) is 8.03. The van der Waals surface area contributed by atoms with Crippen LogP contribution in [-0.2, 0) is 4.79 Å². The van der Waals surface area contributed by atoms with Crippen LogP contribution in [0, 0.1) is 0 Å². The summed E-state index contributed by atoms with van der Waals surface area (Å²) in [5, 5.41) is 6.81. The lowest BCUT2D eigenvalue weighted by molar-refractivity contribution is -0.122. The van der Waals surface area contributed by atoms with Gasteiger partial charge >= 0.3 is 0 Å². The fourth-order valence-corrected chi connectivity index (χ4v) is 3.72. The molecule has 2 aromatic carbocycles. The minimum atomic E-state index is -0.786. The Balaban J connectivity index is 1.69. The topological polar surface area (TPSA) is 51.2 Å². The van der Waals surface area contributed by atoms with Crippen LogP contribution in [0.4, 0.5) is 5.13 Å². The van der Waals surface area contributed by atoms with Crippen molar-refractivity contribution in [2.45, 2.75) is 13.0 Å². The number of rotatable bonds is 5. The number of hydrogen-bond acceptors (Lipinski definition) is 4. The summed E-state index contributed by atoms with van der Waals surface area (Å²) < 4.78 is 5.60. The number of nitrogens with one attached hydrogen (secondary N) is 1. The van der Waals surface area contributed by atoms with Gasteiger partial charge < -0.3 is 4.74 Å². The van der Waals surface area contributed by atoms with Crippen molar-refractivity contribution in [3.05, 3.63) is 61.9 Å². The number of nitrogens with zero attached hydrogens (tertiary/aromatic N) is 1. The Morgan fingerprint density at radius 3 is 2.52 bits per heavy atom. The summed E-state index contributed by atoms with van der Waals surface area (Å²) in [7, 11) is 0. The molecule has 1 aromatic heterocycles. The summed E-state index contributed by atoms with van der Waals surface area (Å²) in [5.41, 5.74) is 1.32. The second kappa shape index (κ2) is 8.67. The largest absolute Gasteiger partial charge is 0.479 e. The third-order valence-corrected chi connectivity index (χ3v) is 5.36. The Labute approximate surface area is 180 Å². The minimum Gasteiger partial charge on any atom is -0.479 e. The van der Waals surface area contributed by atoms with E-state index >= 15 is 0 Å². The van der Waals surface area contributed by atoms with E-state index in [1.165, 1.54) is 11.3 Å². The normalized spacial score (nSPS) is 11.9. The molecule has 0 saturated carbocycles. The van der Waals surface area contributed by atoms with Crippen molar-refractivity contribution in [3.8, 4) is 17.0 Å². The van der Waals surface area contributed by atoms with Crippen molar-refractivity contribution in [2.24, 2.45) is 0 Å². The standard InChI is InChI=1S/C18H12Cl4N2O2S/c1-9(26-16-5-3-11(20)7-14(16)22)17(25)24-18-23-15(8-27-18)12-6-10(19)2-4-13(12)21/h2-9H,1H3,(H,23,24,25). The molecule has 1 heterocycles. The van der Waals surface area contributed by atoms with Gasteiger partial charge in [0, 0.05) is 21.0 Å². The molecule has 3 rings (SSSR count). The predicted molar refractivity (Wildman–Crippen MR) is 113 cm³/mol. The summed E-state index contributed by atoms with van der Waals surface area (Å²) >= 11 is 25.4. The maximum atomic E-state index is 12.4. The lowest BCUT2D eigenvalue weighted by Crippen LogP contribution is -2.30. The quantitative estimate of drug-likeness (QED) is 0.452. The lowest BCUT2D eigenvalue weighted by atomic mass is 10.2. The van der Waals surface area contributed by atoms with Crippen LogP contribution >= 0.6 is 57.7 Å².